The number of H-pyrrole nitrogens is 1. The van der Waals surface area contributed by atoms with Gasteiger partial charge in [-0.3, -0.25) is 4.79 Å². The molecule has 3 rings (SSSR count). The van der Waals surface area contributed by atoms with Crippen molar-refractivity contribution < 1.29 is 0 Å². The van der Waals surface area contributed by atoms with Gasteiger partial charge in [-0.2, -0.15) is 0 Å². The summed E-state index contributed by atoms with van der Waals surface area (Å²) in [4.78, 5) is 15.2. The van der Waals surface area contributed by atoms with Crippen LogP contribution in [0, 0.1) is 20.8 Å². The molecule has 1 heterocycles. The number of aromatic nitrogens is 1. The molecule has 1 aromatic heterocycles. The van der Waals surface area contributed by atoms with Crippen molar-refractivity contribution in [2.45, 2.75) is 27.3 Å². The first-order valence-corrected chi connectivity index (χ1v) is 7.95. The van der Waals surface area contributed by atoms with E-state index >= 15 is 0 Å². The number of pyridine rings is 1. The van der Waals surface area contributed by atoms with E-state index in [2.05, 4.69) is 23.3 Å². The van der Waals surface area contributed by atoms with Crippen LogP contribution in [-0.4, -0.2) is 4.98 Å². The zero-order chi connectivity index (χ0) is 16.6. The van der Waals surface area contributed by atoms with Crippen molar-refractivity contribution in [2.75, 3.05) is 5.32 Å². The van der Waals surface area contributed by atoms with E-state index in [1.165, 1.54) is 11.1 Å². The average Bonchev–Trinajstić information content (AvgIpc) is 2.51. The second-order valence-corrected chi connectivity index (χ2v) is 6.32. The van der Waals surface area contributed by atoms with E-state index in [9.17, 15) is 4.79 Å². The number of benzene rings is 2. The van der Waals surface area contributed by atoms with Crippen molar-refractivity contribution in [1.82, 2.24) is 4.98 Å². The zero-order valence-electron chi connectivity index (χ0n) is 13.5. The van der Waals surface area contributed by atoms with Gasteiger partial charge in [0.15, 0.2) is 0 Å². The third-order valence-electron chi connectivity index (χ3n) is 4.27. The Morgan fingerprint density at radius 1 is 1.09 bits per heavy atom. The van der Waals surface area contributed by atoms with Crippen LogP contribution in [0.1, 0.15) is 22.3 Å². The van der Waals surface area contributed by atoms with Crippen molar-refractivity contribution in [3.05, 3.63) is 74.0 Å². The Morgan fingerprint density at radius 2 is 1.83 bits per heavy atom. The molecular weight excluding hydrogens is 308 g/mol. The number of rotatable bonds is 3. The highest BCUT2D eigenvalue weighted by atomic mass is 35.5. The third kappa shape index (κ3) is 3.10. The van der Waals surface area contributed by atoms with Crippen LogP contribution in [0.5, 0.6) is 0 Å². The first-order valence-electron chi connectivity index (χ1n) is 7.58. The summed E-state index contributed by atoms with van der Waals surface area (Å²) < 4.78 is 0. The maximum Gasteiger partial charge on any atom is 0.253 e. The summed E-state index contributed by atoms with van der Waals surface area (Å²) in [5.74, 6) is 0. The molecule has 0 atom stereocenters. The first-order chi connectivity index (χ1) is 11.0. The standard InChI is InChI=1S/C19H19ClN2O/c1-11-7-14-9-15(19(23)22-18(14)8-12(11)2)10-21-17-6-4-5-16(20)13(17)3/h4-9,21H,10H2,1-3H3,(H,22,23). The number of fused-ring (bicyclic) bond motifs is 1. The molecule has 3 aromatic rings. The summed E-state index contributed by atoms with van der Waals surface area (Å²) in [6.45, 7) is 6.54. The summed E-state index contributed by atoms with van der Waals surface area (Å²) in [5.41, 5.74) is 5.84. The van der Waals surface area contributed by atoms with Crippen molar-refractivity contribution in [2.24, 2.45) is 0 Å². The Labute approximate surface area is 140 Å². The van der Waals surface area contributed by atoms with Crippen molar-refractivity contribution in [3.8, 4) is 0 Å². The monoisotopic (exact) mass is 326 g/mol. The van der Waals surface area contributed by atoms with Gasteiger partial charge in [-0.1, -0.05) is 17.7 Å². The smallest absolute Gasteiger partial charge is 0.253 e. The molecule has 0 radical (unpaired) electrons. The Balaban J connectivity index is 1.94. The van der Waals surface area contributed by atoms with Crippen LogP contribution in [0.25, 0.3) is 10.9 Å². The maximum atomic E-state index is 12.3. The van der Waals surface area contributed by atoms with E-state index in [4.69, 9.17) is 11.6 Å². The van der Waals surface area contributed by atoms with Gasteiger partial charge in [-0.05, 0) is 73.2 Å². The largest absolute Gasteiger partial charge is 0.380 e. The van der Waals surface area contributed by atoms with Gasteiger partial charge >= 0.3 is 0 Å². The Kier molecular flexibility index (Phi) is 4.14. The van der Waals surface area contributed by atoms with Crippen LogP contribution in [-0.2, 0) is 6.54 Å². The third-order valence-corrected chi connectivity index (χ3v) is 4.68. The predicted octanol–water partition coefficient (Wildman–Crippen LogP) is 4.72. The van der Waals surface area contributed by atoms with Gasteiger partial charge in [0, 0.05) is 28.3 Å². The van der Waals surface area contributed by atoms with E-state index in [1.54, 1.807) is 0 Å². The minimum Gasteiger partial charge on any atom is -0.380 e. The molecule has 0 fully saturated rings. The lowest BCUT2D eigenvalue weighted by molar-refractivity contribution is 1.08. The van der Waals surface area contributed by atoms with Gasteiger partial charge < -0.3 is 10.3 Å². The van der Waals surface area contributed by atoms with Crippen LogP contribution in [0.15, 0.2) is 41.2 Å². The van der Waals surface area contributed by atoms with Crippen LogP contribution < -0.4 is 10.9 Å². The normalized spacial score (nSPS) is 11.0. The Hall–Kier alpha value is -2.26. The molecule has 0 amide bonds. The molecule has 0 aliphatic heterocycles. The number of halogens is 1. The van der Waals surface area contributed by atoms with Gasteiger partial charge in [-0.15, -0.1) is 0 Å². The molecule has 3 nitrogen and oxygen atoms in total. The highest BCUT2D eigenvalue weighted by Gasteiger charge is 2.06. The molecule has 0 bridgehead atoms. The summed E-state index contributed by atoms with van der Waals surface area (Å²) in [6.07, 6.45) is 0. The lowest BCUT2D eigenvalue weighted by Gasteiger charge is -2.11. The highest BCUT2D eigenvalue weighted by molar-refractivity contribution is 6.31. The minimum absolute atomic E-state index is 0.0621. The van der Waals surface area contributed by atoms with Crippen LogP contribution in [0.2, 0.25) is 5.02 Å². The molecule has 118 valence electrons. The second kappa shape index (κ2) is 6.09. The van der Waals surface area contributed by atoms with Crippen molar-refractivity contribution in [3.63, 3.8) is 0 Å². The summed E-state index contributed by atoms with van der Waals surface area (Å²) >= 11 is 6.13. The maximum absolute atomic E-state index is 12.3. The molecule has 4 heteroatoms. The lowest BCUT2D eigenvalue weighted by Crippen LogP contribution is -2.16. The molecule has 0 aliphatic carbocycles. The number of nitrogens with one attached hydrogen (secondary N) is 2. The topological polar surface area (TPSA) is 44.9 Å². The molecule has 0 saturated heterocycles. The Bertz CT molecular complexity index is 944. The van der Waals surface area contributed by atoms with E-state index in [1.807, 2.05) is 44.2 Å². The minimum atomic E-state index is -0.0621. The molecule has 0 unspecified atom stereocenters. The summed E-state index contributed by atoms with van der Waals surface area (Å²) in [7, 11) is 0. The van der Waals surface area contributed by atoms with E-state index < -0.39 is 0 Å². The van der Waals surface area contributed by atoms with Crippen molar-refractivity contribution in [1.29, 1.82) is 0 Å². The van der Waals surface area contributed by atoms with Gasteiger partial charge in [-0.25, -0.2) is 0 Å². The molecule has 23 heavy (non-hydrogen) atoms. The molecule has 0 saturated carbocycles. The number of anilines is 1. The van der Waals surface area contributed by atoms with Crippen LogP contribution in [0.4, 0.5) is 5.69 Å². The lowest BCUT2D eigenvalue weighted by atomic mass is 10.0. The van der Waals surface area contributed by atoms with Gasteiger partial charge in [0.2, 0.25) is 0 Å². The fraction of sp³-hybridized carbons (Fsp3) is 0.211. The van der Waals surface area contributed by atoms with E-state index in [0.29, 0.717) is 17.1 Å². The quantitative estimate of drug-likeness (QED) is 0.731. The average molecular weight is 327 g/mol. The predicted molar refractivity (Wildman–Crippen MR) is 97.6 cm³/mol. The first kappa shape index (κ1) is 15.6. The molecule has 0 aliphatic rings. The van der Waals surface area contributed by atoms with Gasteiger partial charge in [0.05, 0.1) is 0 Å². The number of aromatic amines is 1. The fourth-order valence-electron chi connectivity index (χ4n) is 2.64. The summed E-state index contributed by atoms with van der Waals surface area (Å²) in [6, 6.07) is 11.8. The van der Waals surface area contributed by atoms with Crippen LogP contribution >= 0.6 is 11.6 Å². The number of hydrogen-bond donors (Lipinski definition) is 2. The molecule has 2 N–H and O–H groups in total. The Morgan fingerprint density at radius 3 is 2.61 bits per heavy atom. The molecule has 2 aromatic carbocycles. The number of hydrogen-bond acceptors (Lipinski definition) is 2. The molecular formula is C19H19ClN2O. The van der Waals surface area contributed by atoms with Gasteiger partial charge in [0.25, 0.3) is 5.56 Å². The second-order valence-electron chi connectivity index (χ2n) is 5.91. The molecule has 0 spiro atoms. The van der Waals surface area contributed by atoms with Crippen LogP contribution in [0.3, 0.4) is 0 Å². The number of aryl methyl sites for hydroxylation is 2. The van der Waals surface area contributed by atoms with E-state index in [-0.39, 0.29) is 5.56 Å². The van der Waals surface area contributed by atoms with Gasteiger partial charge in [0.1, 0.15) is 0 Å². The van der Waals surface area contributed by atoms with E-state index in [0.717, 1.165) is 22.2 Å². The summed E-state index contributed by atoms with van der Waals surface area (Å²) in [5, 5.41) is 5.06. The SMILES string of the molecule is Cc1cc2cc(CNc3cccc(Cl)c3C)c(=O)[nH]c2cc1C. The fourth-order valence-corrected chi connectivity index (χ4v) is 2.82. The zero-order valence-corrected chi connectivity index (χ0v) is 14.2. The van der Waals surface area contributed by atoms with Crippen molar-refractivity contribution >= 4 is 28.2 Å². The highest BCUT2D eigenvalue weighted by Crippen LogP contribution is 2.23.